The van der Waals surface area contributed by atoms with Gasteiger partial charge in [-0.25, -0.2) is 0 Å². The molecule has 0 fully saturated rings. The number of hydrogen-bond acceptors (Lipinski definition) is 2. The van der Waals surface area contributed by atoms with Crippen LogP contribution in [-0.4, -0.2) is 23.8 Å². The normalized spacial score (nSPS) is 14.6. The third-order valence-corrected chi connectivity index (χ3v) is 3.04. The predicted octanol–water partition coefficient (Wildman–Crippen LogP) is 2.68. The summed E-state index contributed by atoms with van der Waals surface area (Å²) in [4.78, 5) is 0. The van der Waals surface area contributed by atoms with Gasteiger partial charge in [0.05, 0.1) is 6.10 Å². The van der Waals surface area contributed by atoms with E-state index in [9.17, 15) is 0 Å². The maximum absolute atomic E-state index is 9.16. The van der Waals surface area contributed by atoms with Crippen LogP contribution in [-0.2, 0) is 6.42 Å². The SMILES string of the molecule is Cc1ccc(CC[C@@H](C)NCC[C@@H](C)O)cc1. The first kappa shape index (κ1) is 14.2. The minimum Gasteiger partial charge on any atom is -0.393 e. The lowest BCUT2D eigenvalue weighted by Crippen LogP contribution is -2.29. The number of nitrogens with one attached hydrogen (secondary N) is 1. The lowest BCUT2D eigenvalue weighted by molar-refractivity contribution is 0.182. The summed E-state index contributed by atoms with van der Waals surface area (Å²) in [6, 6.07) is 9.26. The van der Waals surface area contributed by atoms with Crippen molar-refractivity contribution in [1.29, 1.82) is 0 Å². The molecule has 0 unspecified atom stereocenters. The second kappa shape index (κ2) is 7.46. The first-order valence-corrected chi connectivity index (χ1v) is 6.55. The molecule has 0 amide bonds. The maximum Gasteiger partial charge on any atom is 0.0524 e. The predicted molar refractivity (Wildman–Crippen MR) is 73.3 cm³/mol. The van der Waals surface area contributed by atoms with Crippen LogP contribution in [0.2, 0.25) is 0 Å². The molecule has 1 aromatic rings. The van der Waals surface area contributed by atoms with E-state index < -0.39 is 0 Å². The van der Waals surface area contributed by atoms with E-state index in [0.717, 1.165) is 25.8 Å². The third kappa shape index (κ3) is 6.44. The highest BCUT2D eigenvalue weighted by Gasteiger charge is 2.03. The van der Waals surface area contributed by atoms with Crippen molar-refractivity contribution >= 4 is 0 Å². The van der Waals surface area contributed by atoms with Crippen molar-refractivity contribution in [3.05, 3.63) is 35.4 Å². The molecule has 0 aromatic heterocycles. The van der Waals surface area contributed by atoms with Gasteiger partial charge in [0, 0.05) is 6.04 Å². The topological polar surface area (TPSA) is 32.3 Å². The minimum atomic E-state index is -0.202. The molecule has 0 saturated heterocycles. The van der Waals surface area contributed by atoms with Gasteiger partial charge in [-0.05, 0) is 52.1 Å². The van der Waals surface area contributed by atoms with Crippen LogP contribution in [0.1, 0.15) is 37.8 Å². The summed E-state index contributed by atoms with van der Waals surface area (Å²) in [5.41, 5.74) is 2.72. The van der Waals surface area contributed by atoms with Gasteiger partial charge in [0.2, 0.25) is 0 Å². The highest BCUT2D eigenvalue weighted by molar-refractivity contribution is 5.21. The van der Waals surface area contributed by atoms with Gasteiger partial charge < -0.3 is 10.4 Å². The molecule has 0 heterocycles. The molecule has 0 saturated carbocycles. The van der Waals surface area contributed by atoms with Crippen LogP contribution in [0.25, 0.3) is 0 Å². The second-order valence-electron chi connectivity index (χ2n) is 5.02. The number of aliphatic hydroxyl groups is 1. The highest BCUT2D eigenvalue weighted by Crippen LogP contribution is 2.07. The third-order valence-electron chi connectivity index (χ3n) is 3.04. The van der Waals surface area contributed by atoms with Crippen LogP contribution in [0, 0.1) is 6.92 Å². The zero-order valence-electron chi connectivity index (χ0n) is 11.2. The molecule has 0 aliphatic heterocycles. The van der Waals surface area contributed by atoms with Gasteiger partial charge in [-0.15, -0.1) is 0 Å². The number of hydrogen-bond donors (Lipinski definition) is 2. The van der Waals surface area contributed by atoms with Crippen molar-refractivity contribution in [3.63, 3.8) is 0 Å². The molecule has 2 nitrogen and oxygen atoms in total. The van der Waals surface area contributed by atoms with E-state index in [1.807, 2.05) is 6.92 Å². The van der Waals surface area contributed by atoms with Crippen molar-refractivity contribution in [2.24, 2.45) is 0 Å². The van der Waals surface area contributed by atoms with Crippen molar-refractivity contribution in [2.45, 2.75) is 52.2 Å². The summed E-state index contributed by atoms with van der Waals surface area (Å²) in [5, 5.41) is 12.6. The summed E-state index contributed by atoms with van der Waals surface area (Å²) in [5.74, 6) is 0. The molecule has 0 aliphatic rings. The lowest BCUT2D eigenvalue weighted by atomic mass is 10.0. The van der Waals surface area contributed by atoms with Crippen LogP contribution in [0.15, 0.2) is 24.3 Å². The van der Waals surface area contributed by atoms with E-state index >= 15 is 0 Å². The Bertz CT molecular complexity index is 305. The van der Waals surface area contributed by atoms with E-state index in [1.165, 1.54) is 11.1 Å². The molecule has 1 aromatic carbocycles. The average Bonchev–Trinajstić information content (AvgIpc) is 2.28. The fraction of sp³-hybridized carbons (Fsp3) is 0.600. The molecule has 2 N–H and O–H groups in total. The molecular weight excluding hydrogens is 210 g/mol. The maximum atomic E-state index is 9.16. The summed E-state index contributed by atoms with van der Waals surface area (Å²) in [6.45, 7) is 7.05. The summed E-state index contributed by atoms with van der Waals surface area (Å²) >= 11 is 0. The van der Waals surface area contributed by atoms with Gasteiger partial charge in [0.25, 0.3) is 0 Å². The lowest BCUT2D eigenvalue weighted by Gasteiger charge is -2.14. The van der Waals surface area contributed by atoms with Gasteiger partial charge in [-0.3, -0.25) is 0 Å². The molecule has 0 aliphatic carbocycles. The van der Waals surface area contributed by atoms with E-state index in [2.05, 4.69) is 43.4 Å². The Morgan fingerprint density at radius 1 is 1.12 bits per heavy atom. The van der Waals surface area contributed by atoms with Gasteiger partial charge in [0.1, 0.15) is 0 Å². The molecule has 0 spiro atoms. The van der Waals surface area contributed by atoms with E-state index in [4.69, 9.17) is 5.11 Å². The number of aryl methyl sites for hydroxylation is 2. The van der Waals surface area contributed by atoms with Crippen molar-refractivity contribution in [2.75, 3.05) is 6.54 Å². The van der Waals surface area contributed by atoms with Crippen molar-refractivity contribution in [3.8, 4) is 0 Å². The summed E-state index contributed by atoms with van der Waals surface area (Å²) in [7, 11) is 0. The minimum absolute atomic E-state index is 0.202. The number of benzene rings is 1. The van der Waals surface area contributed by atoms with E-state index in [1.54, 1.807) is 0 Å². The molecule has 0 bridgehead atoms. The van der Waals surface area contributed by atoms with Crippen molar-refractivity contribution < 1.29 is 5.11 Å². The highest BCUT2D eigenvalue weighted by atomic mass is 16.3. The Morgan fingerprint density at radius 2 is 1.76 bits per heavy atom. The smallest absolute Gasteiger partial charge is 0.0524 e. The molecule has 17 heavy (non-hydrogen) atoms. The van der Waals surface area contributed by atoms with Crippen LogP contribution in [0.3, 0.4) is 0 Å². The average molecular weight is 235 g/mol. The quantitative estimate of drug-likeness (QED) is 0.761. The second-order valence-corrected chi connectivity index (χ2v) is 5.02. The first-order valence-electron chi connectivity index (χ1n) is 6.55. The standard InChI is InChI=1S/C15H25NO/c1-12-4-7-15(8-5-12)9-6-13(2)16-11-10-14(3)17/h4-5,7-8,13-14,16-17H,6,9-11H2,1-3H3/t13-,14-/m1/s1. The molecule has 1 rings (SSSR count). The zero-order valence-corrected chi connectivity index (χ0v) is 11.2. The molecular formula is C15H25NO. The Labute approximate surface area is 105 Å². The van der Waals surface area contributed by atoms with Crippen LogP contribution in [0.5, 0.6) is 0 Å². The van der Waals surface area contributed by atoms with Crippen LogP contribution in [0.4, 0.5) is 0 Å². The van der Waals surface area contributed by atoms with E-state index in [0.29, 0.717) is 6.04 Å². The van der Waals surface area contributed by atoms with Crippen molar-refractivity contribution in [1.82, 2.24) is 5.32 Å². The fourth-order valence-corrected chi connectivity index (χ4v) is 1.78. The number of rotatable bonds is 7. The molecule has 0 radical (unpaired) electrons. The van der Waals surface area contributed by atoms with Gasteiger partial charge in [-0.2, -0.15) is 0 Å². The van der Waals surface area contributed by atoms with Gasteiger partial charge in [-0.1, -0.05) is 29.8 Å². The number of aliphatic hydroxyl groups excluding tert-OH is 1. The van der Waals surface area contributed by atoms with Crippen LogP contribution < -0.4 is 5.32 Å². The van der Waals surface area contributed by atoms with Gasteiger partial charge >= 0.3 is 0 Å². The van der Waals surface area contributed by atoms with Gasteiger partial charge in [0.15, 0.2) is 0 Å². The molecule has 2 atom stereocenters. The van der Waals surface area contributed by atoms with Crippen LogP contribution >= 0.6 is 0 Å². The fourth-order valence-electron chi connectivity index (χ4n) is 1.78. The van der Waals surface area contributed by atoms with E-state index in [-0.39, 0.29) is 6.10 Å². The largest absolute Gasteiger partial charge is 0.393 e. The Morgan fingerprint density at radius 3 is 2.35 bits per heavy atom. The summed E-state index contributed by atoms with van der Waals surface area (Å²) in [6.07, 6.45) is 2.88. The molecule has 2 heteroatoms. The first-order chi connectivity index (χ1) is 8.08. The Kier molecular flexibility index (Phi) is 6.23. The monoisotopic (exact) mass is 235 g/mol. The Hall–Kier alpha value is -0.860. The molecule has 96 valence electrons. The Balaban J connectivity index is 2.19. The zero-order chi connectivity index (χ0) is 12.7. The summed E-state index contributed by atoms with van der Waals surface area (Å²) < 4.78 is 0.